The molecule has 120 valence electrons. The third-order valence-corrected chi connectivity index (χ3v) is 3.69. The number of hydrogen-bond donors (Lipinski definition) is 1. The Labute approximate surface area is 145 Å². The molecule has 0 atom stereocenters. The van der Waals surface area contributed by atoms with Gasteiger partial charge in [-0.15, -0.1) is 0 Å². The molecule has 0 amide bonds. The molecule has 0 saturated heterocycles. The molecule has 0 fully saturated rings. The van der Waals surface area contributed by atoms with E-state index in [1.807, 2.05) is 60.7 Å². The van der Waals surface area contributed by atoms with Gasteiger partial charge in [-0.3, -0.25) is 9.97 Å². The maximum atomic E-state index is 4.72. The molecule has 0 radical (unpaired) electrons. The lowest BCUT2D eigenvalue weighted by atomic mass is 10.1. The molecule has 0 unspecified atom stereocenters. The van der Waals surface area contributed by atoms with E-state index in [-0.39, 0.29) is 0 Å². The fourth-order valence-corrected chi connectivity index (χ4v) is 2.48. The molecule has 3 aromatic heterocycles. The van der Waals surface area contributed by atoms with E-state index < -0.39 is 0 Å². The van der Waals surface area contributed by atoms with Crippen LogP contribution in [0, 0.1) is 0 Å². The minimum Gasteiger partial charge on any atom is -0.340 e. The van der Waals surface area contributed by atoms with Gasteiger partial charge in [-0.05, 0) is 24.3 Å². The van der Waals surface area contributed by atoms with E-state index >= 15 is 0 Å². The van der Waals surface area contributed by atoms with Crippen LogP contribution in [0.15, 0.2) is 85.5 Å². The second kappa shape index (κ2) is 6.88. The summed E-state index contributed by atoms with van der Waals surface area (Å²) in [6.07, 6.45) is 6.96. The van der Waals surface area contributed by atoms with E-state index in [1.54, 1.807) is 24.8 Å². The molecule has 0 aliphatic rings. The maximum absolute atomic E-state index is 4.72. The predicted octanol–water partition coefficient (Wildman–Crippen LogP) is 4.34. The number of benzene rings is 1. The first-order valence-corrected chi connectivity index (χ1v) is 7.90. The van der Waals surface area contributed by atoms with Crippen LogP contribution >= 0.6 is 0 Å². The van der Waals surface area contributed by atoms with Crippen molar-refractivity contribution in [3.05, 3.63) is 85.5 Å². The molecule has 0 spiro atoms. The van der Waals surface area contributed by atoms with Crippen LogP contribution in [0.4, 0.5) is 11.5 Å². The number of aromatic nitrogens is 4. The Balaban J connectivity index is 1.80. The lowest BCUT2D eigenvalue weighted by molar-refractivity contribution is 1.17. The van der Waals surface area contributed by atoms with E-state index in [4.69, 9.17) is 4.98 Å². The number of pyridine rings is 2. The van der Waals surface area contributed by atoms with Gasteiger partial charge in [0.15, 0.2) is 5.82 Å². The monoisotopic (exact) mass is 325 g/mol. The zero-order valence-corrected chi connectivity index (χ0v) is 13.4. The van der Waals surface area contributed by atoms with Crippen molar-refractivity contribution in [2.24, 2.45) is 0 Å². The minimum atomic E-state index is 0.653. The Bertz CT molecular complexity index is 899. The van der Waals surface area contributed by atoms with Crippen LogP contribution in [0.2, 0.25) is 0 Å². The Morgan fingerprint density at radius 3 is 2.04 bits per heavy atom. The molecule has 5 heteroatoms. The van der Waals surface area contributed by atoms with E-state index in [9.17, 15) is 0 Å². The molecule has 1 aromatic carbocycles. The Hall–Kier alpha value is -3.60. The van der Waals surface area contributed by atoms with Gasteiger partial charge in [-0.25, -0.2) is 9.97 Å². The smallest absolute Gasteiger partial charge is 0.162 e. The van der Waals surface area contributed by atoms with Crippen LogP contribution in [-0.2, 0) is 0 Å². The largest absolute Gasteiger partial charge is 0.340 e. The molecular weight excluding hydrogens is 310 g/mol. The van der Waals surface area contributed by atoms with Gasteiger partial charge in [0.2, 0.25) is 0 Å². The first-order chi connectivity index (χ1) is 12.4. The van der Waals surface area contributed by atoms with Crippen LogP contribution in [0.1, 0.15) is 0 Å². The second-order valence-corrected chi connectivity index (χ2v) is 5.42. The fourth-order valence-electron chi connectivity index (χ4n) is 2.48. The van der Waals surface area contributed by atoms with Crippen LogP contribution in [0.3, 0.4) is 0 Å². The molecule has 3 heterocycles. The van der Waals surface area contributed by atoms with Gasteiger partial charge >= 0.3 is 0 Å². The predicted molar refractivity (Wildman–Crippen MR) is 98.2 cm³/mol. The van der Waals surface area contributed by atoms with Crippen molar-refractivity contribution in [3.8, 4) is 22.6 Å². The van der Waals surface area contributed by atoms with E-state index in [0.717, 1.165) is 28.3 Å². The van der Waals surface area contributed by atoms with Crippen molar-refractivity contribution in [2.45, 2.75) is 0 Å². The molecule has 0 saturated carbocycles. The average molecular weight is 325 g/mol. The fraction of sp³-hybridized carbons (Fsp3) is 0. The summed E-state index contributed by atoms with van der Waals surface area (Å²) in [5, 5.41) is 3.32. The molecular formula is C20H15N5. The Morgan fingerprint density at radius 1 is 0.640 bits per heavy atom. The topological polar surface area (TPSA) is 63.6 Å². The van der Waals surface area contributed by atoms with E-state index in [2.05, 4.69) is 20.3 Å². The number of nitrogens with zero attached hydrogens (tertiary/aromatic N) is 4. The van der Waals surface area contributed by atoms with Crippen molar-refractivity contribution in [1.82, 2.24) is 19.9 Å². The summed E-state index contributed by atoms with van der Waals surface area (Å²) in [4.78, 5) is 17.5. The SMILES string of the molecule is c1ccc(-c2cc(Nc3ccncc3)nc(-c3ccncc3)n2)cc1. The summed E-state index contributed by atoms with van der Waals surface area (Å²) >= 11 is 0. The highest BCUT2D eigenvalue weighted by Gasteiger charge is 2.09. The highest BCUT2D eigenvalue weighted by molar-refractivity contribution is 5.69. The molecule has 1 N–H and O–H groups in total. The van der Waals surface area contributed by atoms with Crippen molar-refractivity contribution < 1.29 is 0 Å². The van der Waals surface area contributed by atoms with E-state index in [1.165, 1.54) is 0 Å². The highest BCUT2D eigenvalue weighted by atomic mass is 15.0. The molecule has 5 nitrogen and oxygen atoms in total. The quantitative estimate of drug-likeness (QED) is 0.604. The van der Waals surface area contributed by atoms with Crippen molar-refractivity contribution in [2.75, 3.05) is 5.32 Å². The van der Waals surface area contributed by atoms with Crippen LogP contribution < -0.4 is 5.32 Å². The molecule has 4 rings (SSSR count). The van der Waals surface area contributed by atoms with Gasteiger partial charge in [0.25, 0.3) is 0 Å². The lowest BCUT2D eigenvalue weighted by Gasteiger charge is -2.10. The lowest BCUT2D eigenvalue weighted by Crippen LogP contribution is -1.99. The van der Waals surface area contributed by atoms with Crippen LogP contribution in [0.5, 0.6) is 0 Å². The highest BCUT2D eigenvalue weighted by Crippen LogP contribution is 2.25. The molecule has 0 bridgehead atoms. The van der Waals surface area contributed by atoms with Crippen molar-refractivity contribution >= 4 is 11.5 Å². The van der Waals surface area contributed by atoms with Crippen molar-refractivity contribution in [1.29, 1.82) is 0 Å². The van der Waals surface area contributed by atoms with Crippen LogP contribution in [0.25, 0.3) is 22.6 Å². The van der Waals surface area contributed by atoms with Gasteiger partial charge in [0.1, 0.15) is 5.82 Å². The summed E-state index contributed by atoms with van der Waals surface area (Å²) in [5.74, 6) is 1.38. The van der Waals surface area contributed by atoms with Gasteiger partial charge in [-0.1, -0.05) is 30.3 Å². The zero-order valence-electron chi connectivity index (χ0n) is 13.4. The van der Waals surface area contributed by atoms with Gasteiger partial charge in [-0.2, -0.15) is 0 Å². The Morgan fingerprint density at radius 2 is 1.32 bits per heavy atom. The summed E-state index contributed by atoms with van der Waals surface area (Å²) in [7, 11) is 0. The molecule has 25 heavy (non-hydrogen) atoms. The standard InChI is InChI=1S/C20H15N5/c1-2-4-15(5-3-1)18-14-19(23-17-8-12-22-13-9-17)25-20(24-18)16-6-10-21-11-7-16/h1-14H,(H,22,23,24,25). The summed E-state index contributed by atoms with van der Waals surface area (Å²) in [5.41, 5.74) is 3.75. The maximum Gasteiger partial charge on any atom is 0.162 e. The summed E-state index contributed by atoms with van der Waals surface area (Å²) in [6, 6.07) is 19.6. The Kier molecular flexibility index (Phi) is 4.12. The number of anilines is 2. The van der Waals surface area contributed by atoms with Crippen molar-refractivity contribution in [3.63, 3.8) is 0 Å². The van der Waals surface area contributed by atoms with Gasteiger partial charge in [0.05, 0.1) is 5.69 Å². The number of hydrogen-bond acceptors (Lipinski definition) is 5. The zero-order chi connectivity index (χ0) is 16.9. The number of rotatable bonds is 4. The molecule has 0 aliphatic heterocycles. The van der Waals surface area contributed by atoms with E-state index in [0.29, 0.717) is 5.82 Å². The number of nitrogens with one attached hydrogen (secondary N) is 1. The average Bonchev–Trinajstić information content (AvgIpc) is 2.70. The van der Waals surface area contributed by atoms with Gasteiger partial charge in [0, 0.05) is 47.7 Å². The normalized spacial score (nSPS) is 10.4. The third kappa shape index (κ3) is 3.50. The van der Waals surface area contributed by atoms with Gasteiger partial charge < -0.3 is 5.32 Å². The first-order valence-electron chi connectivity index (χ1n) is 7.90. The second-order valence-electron chi connectivity index (χ2n) is 5.42. The molecule has 0 aliphatic carbocycles. The minimum absolute atomic E-state index is 0.653. The third-order valence-electron chi connectivity index (χ3n) is 3.69. The summed E-state index contributed by atoms with van der Waals surface area (Å²) in [6.45, 7) is 0. The summed E-state index contributed by atoms with van der Waals surface area (Å²) < 4.78 is 0. The van der Waals surface area contributed by atoms with Crippen LogP contribution in [-0.4, -0.2) is 19.9 Å². The first kappa shape index (κ1) is 15.0. The molecule has 4 aromatic rings.